The molecule has 0 aliphatic heterocycles. The Morgan fingerprint density at radius 3 is 2.61 bits per heavy atom. The van der Waals surface area contributed by atoms with Crippen LogP contribution < -0.4 is 5.32 Å². The summed E-state index contributed by atoms with van der Waals surface area (Å²) < 4.78 is 5.54. The Hall–Kier alpha value is -1.61. The molecule has 0 spiro atoms. The maximum atomic E-state index is 5.54. The van der Waals surface area contributed by atoms with E-state index in [0.29, 0.717) is 0 Å². The zero-order chi connectivity index (χ0) is 12.8. The van der Waals surface area contributed by atoms with Gasteiger partial charge in [-0.15, -0.1) is 0 Å². The van der Waals surface area contributed by atoms with Crippen molar-refractivity contribution in [3.05, 3.63) is 41.6 Å². The molecule has 1 heterocycles. The Morgan fingerprint density at radius 2 is 1.94 bits per heavy atom. The standard InChI is InChI=1S/C15H20N2O/c1-3-8-13-14(11-16-4-2)17-18-15(13)12-9-6-5-7-10-12/h5-7,9-10,16H,3-4,8,11H2,1-2H3. The zero-order valence-corrected chi connectivity index (χ0v) is 11.1. The van der Waals surface area contributed by atoms with Gasteiger partial charge in [-0.1, -0.05) is 55.8 Å². The van der Waals surface area contributed by atoms with E-state index in [-0.39, 0.29) is 0 Å². The fraction of sp³-hybridized carbons (Fsp3) is 0.400. The molecule has 0 saturated carbocycles. The summed E-state index contributed by atoms with van der Waals surface area (Å²) >= 11 is 0. The van der Waals surface area contributed by atoms with E-state index in [9.17, 15) is 0 Å². The summed E-state index contributed by atoms with van der Waals surface area (Å²) in [7, 11) is 0. The van der Waals surface area contributed by atoms with Crippen LogP contribution in [0.15, 0.2) is 34.9 Å². The Balaban J connectivity index is 2.32. The second kappa shape index (κ2) is 6.36. The molecule has 0 atom stereocenters. The van der Waals surface area contributed by atoms with E-state index >= 15 is 0 Å². The number of hydrogen-bond donors (Lipinski definition) is 1. The summed E-state index contributed by atoms with van der Waals surface area (Å²) in [6.45, 7) is 6.00. The highest BCUT2D eigenvalue weighted by Crippen LogP contribution is 2.27. The van der Waals surface area contributed by atoms with Crippen LogP contribution >= 0.6 is 0 Å². The van der Waals surface area contributed by atoms with Gasteiger partial charge in [0.25, 0.3) is 0 Å². The molecule has 96 valence electrons. The molecular weight excluding hydrogens is 224 g/mol. The SMILES string of the molecule is CCCc1c(CNCC)noc1-c1ccccc1. The van der Waals surface area contributed by atoms with Crippen molar-refractivity contribution in [1.29, 1.82) is 0 Å². The van der Waals surface area contributed by atoms with Crippen molar-refractivity contribution in [2.45, 2.75) is 33.2 Å². The van der Waals surface area contributed by atoms with Crippen molar-refractivity contribution in [3.63, 3.8) is 0 Å². The molecule has 1 N–H and O–H groups in total. The third kappa shape index (κ3) is 2.79. The lowest BCUT2D eigenvalue weighted by Crippen LogP contribution is -2.13. The first-order chi connectivity index (χ1) is 8.86. The molecule has 3 nitrogen and oxygen atoms in total. The summed E-state index contributed by atoms with van der Waals surface area (Å²) in [5, 5.41) is 7.52. The van der Waals surface area contributed by atoms with Gasteiger partial charge in [0.2, 0.25) is 0 Å². The average molecular weight is 244 g/mol. The van der Waals surface area contributed by atoms with E-state index in [1.807, 2.05) is 18.2 Å². The molecule has 2 aromatic rings. The van der Waals surface area contributed by atoms with Crippen molar-refractivity contribution >= 4 is 0 Å². The van der Waals surface area contributed by atoms with Gasteiger partial charge in [0.05, 0.1) is 0 Å². The van der Waals surface area contributed by atoms with Crippen molar-refractivity contribution in [2.24, 2.45) is 0 Å². The quantitative estimate of drug-likeness (QED) is 0.846. The second-order valence-electron chi connectivity index (χ2n) is 4.33. The first kappa shape index (κ1) is 12.8. The minimum Gasteiger partial charge on any atom is -0.356 e. The minimum absolute atomic E-state index is 0.780. The topological polar surface area (TPSA) is 38.1 Å². The van der Waals surface area contributed by atoms with E-state index in [4.69, 9.17) is 4.52 Å². The van der Waals surface area contributed by atoms with Gasteiger partial charge in [0, 0.05) is 17.7 Å². The summed E-state index contributed by atoms with van der Waals surface area (Å²) in [6, 6.07) is 10.2. The van der Waals surface area contributed by atoms with Crippen LogP contribution in [0, 0.1) is 0 Å². The molecule has 0 amide bonds. The fourth-order valence-corrected chi connectivity index (χ4v) is 2.05. The van der Waals surface area contributed by atoms with Gasteiger partial charge in [-0.05, 0) is 13.0 Å². The van der Waals surface area contributed by atoms with Crippen LogP contribution in [-0.2, 0) is 13.0 Å². The van der Waals surface area contributed by atoms with E-state index in [1.165, 1.54) is 5.56 Å². The van der Waals surface area contributed by atoms with Crippen molar-refractivity contribution < 1.29 is 4.52 Å². The summed E-state index contributed by atoms with van der Waals surface area (Å²) in [6.07, 6.45) is 2.11. The molecule has 0 bridgehead atoms. The van der Waals surface area contributed by atoms with E-state index in [1.54, 1.807) is 0 Å². The highest BCUT2D eigenvalue weighted by atomic mass is 16.5. The molecule has 0 unspecified atom stereocenters. The highest BCUT2D eigenvalue weighted by Gasteiger charge is 2.15. The lowest BCUT2D eigenvalue weighted by Gasteiger charge is -2.03. The van der Waals surface area contributed by atoms with Gasteiger partial charge in [-0.3, -0.25) is 0 Å². The molecule has 0 aliphatic rings. The van der Waals surface area contributed by atoms with Crippen LogP contribution in [0.4, 0.5) is 0 Å². The van der Waals surface area contributed by atoms with Crippen molar-refractivity contribution in [2.75, 3.05) is 6.54 Å². The van der Waals surface area contributed by atoms with Crippen molar-refractivity contribution in [3.8, 4) is 11.3 Å². The van der Waals surface area contributed by atoms with E-state index in [2.05, 4.69) is 36.5 Å². The maximum absolute atomic E-state index is 5.54. The predicted octanol–water partition coefficient (Wildman–Crippen LogP) is 3.40. The number of aromatic nitrogens is 1. The first-order valence-electron chi connectivity index (χ1n) is 6.60. The monoisotopic (exact) mass is 244 g/mol. The Bertz CT molecular complexity index is 476. The highest BCUT2D eigenvalue weighted by molar-refractivity contribution is 5.61. The normalized spacial score (nSPS) is 10.8. The molecule has 0 saturated heterocycles. The molecule has 2 rings (SSSR count). The Kier molecular flexibility index (Phi) is 4.53. The van der Waals surface area contributed by atoms with Gasteiger partial charge in [0.1, 0.15) is 5.69 Å². The molecule has 0 fully saturated rings. The molecule has 0 radical (unpaired) electrons. The van der Waals surface area contributed by atoms with Crippen LogP contribution in [0.1, 0.15) is 31.5 Å². The van der Waals surface area contributed by atoms with E-state index < -0.39 is 0 Å². The molecule has 1 aromatic heterocycles. The third-order valence-electron chi connectivity index (χ3n) is 2.95. The van der Waals surface area contributed by atoms with Gasteiger partial charge in [-0.25, -0.2) is 0 Å². The summed E-state index contributed by atoms with van der Waals surface area (Å²) in [5.41, 5.74) is 3.39. The largest absolute Gasteiger partial charge is 0.356 e. The van der Waals surface area contributed by atoms with Gasteiger partial charge >= 0.3 is 0 Å². The lowest BCUT2D eigenvalue weighted by atomic mass is 10.0. The minimum atomic E-state index is 0.780. The molecule has 0 aliphatic carbocycles. The van der Waals surface area contributed by atoms with E-state index in [0.717, 1.165) is 42.9 Å². The third-order valence-corrected chi connectivity index (χ3v) is 2.95. The Morgan fingerprint density at radius 1 is 1.17 bits per heavy atom. The van der Waals surface area contributed by atoms with Gasteiger partial charge in [0.15, 0.2) is 5.76 Å². The van der Waals surface area contributed by atoms with Crippen LogP contribution in [0.25, 0.3) is 11.3 Å². The molecule has 3 heteroatoms. The maximum Gasteiger partial charge on any atom is 0.170 e. The smallest absolute Gasteiger partial charge is 0.170 e. The number of nitrogens with zero attached hydrogens (tertiary/aromatic N) is 1. The predicted molar refractivity (Wildman–Crippen MR) is 73.3 cm³/mol. The number of hydrogen-bond acceptors (Lipinski definition) is 3. The number of rotatable bonds is 6. The fourth-order valence-electron chi connectivity index (χ4n) is 2.05. The zero-order valence-electron chi connectivity index (χ0n) is 11.1. The second-order valence-corrected chi connectivity index (χ2v) is 4.33. The molecular formula is C15H20N2O. The summed E-state index contributed by atoms with van der Waals surface area (Å²) in [4.78, 5) is 0. The lowest BCUT2D eigenvalue weighted by molar-refractivity contribution is 0.420. The van der Waals surface area contributed by atoms with Crippen LogP contribution in [0.5, 0.6) is 0 Å². The summed E-state index contributed by atoms with van der Waals surface area (Å²) in [5.74, 6) is 0.922. The first-order valence-corrected chi connectivity index (χ1v) is 6.60. The van der Waals surface area contributed by atoms with Crippen LogP contribution in [-0.4, -0.2) is 11.7 Å². The van der Waals surface area contributed by atoms with Gasteiger partial charge < -0.3 is 9.84 Å². The average Bonchev–Trinajstić information content (AvgIpc) is 2.81. The molecule has 18 heavy (non-hydrogen) atoms. The van der Waals surface area contributed by atoms with Crippen LogP contribution in [0.2, 0.25) is 0 Å². The van der Waals surface area contributed by atoms with Crippen molar-refractivity contribution in [1.82, 2.24) is 10.5 Å². The van der Waals surface area contributed by atoms with Crippen LogP contribution in [0.3, 0.4) is 0 Å². The van der Waals surface area contributed by atoms with Gasteiger partial charge in [-0.2, -0.15) is 0 Å². The Labute approximate surface area is 108 Å². The number of nitrogens with one attached hydrogen (secondary N) is 1. The number of benzene rings is 1. The molecule has 1 aromatic carbocycles.